The summed E-state index contributed by atoms with van der Waals surface area (Å²) in [6, 6.07) is 4.25. The van der Waals surface area contributed by atoms with E-state index in [0.29, 0.717) is 25.1 Å². The van der Waals surface area contributed by atoms with Crippen molar-refractivity contribution in [2.75, 3.05) is 19.8 Å². The first-order valence-corrected chi connectivity index (χ1v) is 5.60. The number of ether oxygens (including phenoxy) is 2. The van der Waals surface area contributed by atoms with Gasteiger partial charge in [-0.3, -0.25) is 0 Å². The first-order valence-electron chi connectivity index (χ1n) is 5.60. The molecule has 0 radical (unpaired) electrons. The van der Waals surface area contributed by atoms with Crippen LogP contribution in [0.1, 0.15) is 25.6 Å². The van der Waals surface area contributed by atoms with Crippen molar-refractivity contribution < 1.29 is 9.47 Å². The summed E-state index contributed by atoms with van der Waals surface area (Å²) in [5, 5.41) is 11.6. The minimum absolute atomic E-state index is 0.131. The van der Waals surface area contributed by atoms with Crippen LogP contribution in [0.2, 0.25) is 0 Å². The minimum atomic E-state index is 0.131. The van der Waals surface area contributed by atoms with Crippen molar-refractivity contribution in [2.24, 2.45) is 0 Å². The van der Waals surface area contributed by atoms with Gasteiger partial charge in [0, 0.05) is 12.1 Å². The van der Waals surface area contributed by atoms with E-state index in [-0.39, 0.29) is 6.04 Å². The monoisotopic (exact) mass is 223 g/mol. The molecule has 5 nitrogen and oxygen atoms in total. The molecule has 0 amide bonds. The van der Waals surface area contributed by atoms with E-state index in [1.807, 2.05) is 19.1 Å². The highest BCUT2D eigenvalue weighted by atomic mass is 16.5. The van der Waals surface area contributed by atoms with Gasteiger partial charge in [0.05, 0.1) is 31.6 Å². The highest BCUT2D eigenvalue weighted by molar-refractivity contribution is 5.14. The van der Waals surface area contributed by atoms with Gasteiger partial charge in [-0.2, -0.15) is 5.10 Å². The zero-order valence-electron chi connectivity index (χ0n) is 9.64. The van der Waals surface area contributed by atoms with E-state index in [2.05, 4.69) is 22.4 Å². The second kappa shape index (κ2) is 5.23. The van der Waals surface area contributed by atoms with Crippen LogP contribution in [-0.2, 0) is 4.74 Å². The number of nitrogens with zero attached hydrogens (tertiary/aromatic N) is 2. The average Bonchev–Trinajstić information content (AvgIpc) is 2.30. The van der Waals surface area contributed by atoms with Crippen molar-refractivity contribution in [1.82, 2.24) is 15.5 Å². The number of nitrogens with one attached hydrogen (secondary N) is 1. The van der Waals surface area contributed by atoms with E-state index in [9.17, 15) is 0 Å². The van der Waals surface area contributed by atoms with Crippen LogP contribution in [0.5, 0.6) is 5.88 Å². The maximum Gasteiger partial charge on any atom is 0.233 e. The molecule has 0 spiro atoms. The van der Waals surface area contributed by atoms with Crippen LogP contribution in [0.15, 0.2) is 12.1 Å². The van der Waals surface area contributed by atoms with Gasteiger partial charge < -0.3 is 14.8 Å². The van der Waals surface area contributed by atoms with Gasteiger partial charge in [0.15, 0.2) is 0 Å². The topological polar surface area (TPSA) is 56.3 Å². The fourth-order valence-corrected chi connectivity index (χ4v) is 1.71. The first kappa shape index (κ1) is 11.3. The summed E-state index contributed by atoms with van der Waals surface area (Å²) in [7, 11) is 0. The Bertz CT molecular complexity index is 329. The summed E-state index contributed by atoms with van der Waals surface area (Å²) < 4.78 is 10.7. The van der Waals surface area contributed by atoms with E-state index in [1.165, 1.54) is 0 Å². The number of rotatable bonds is 3. The van der Waals surface area contributed by atoms with Crippen molar-refractivity contribution in [3.8, 4) is 5.88 Å². The Kier molecular flexibility index (Phi) is 3.69. The molecule has 2 atom stereocenters. The van der Waals surface area contributed by atoms with Gasteiger partial charge >= 0.3 is 0 Å². The van der Waals surface area contributed by atoms with Crippen molar-refractivity contribution in [3.05, 3.63) is 17.8 Å². The Hall–Kier alpha value is -1.20. The first-order chi connectivity index (χ1) is 7.79. The van der Waals surface area contributed by atoms with E-state index in [1.54, 1.807) is 0 Å². The summed E-state index contributed by atoms with van der Waals surface area (Å²) in [5.41, 5.74) is 0.898. The molecule has 2 rings (SSSR count). The van der Waals surface area contributed by atoms with E-state index >= 15 is 0 Å². The van der Waals surface area contributed by atoms with E-state index < -0.39 is 0 Å². The Balaban J connectivity index is 2.03. The van der Waals surface area contributed by atoms with Gasteiger partial charge in [0.1, 0.15) is 0 Å². The van der Waals surface area contributed by atoms with E-state index in [0.717, 1.165) is 12.3 Å². The summed E-state index contributed by atoms with van der Waals surface area (Å²) in [6.07, 6.45) is 0. The molecule has 2 heterocycles. The molecule has 1 fully saturated rings. The van der Waals surface area contributed by atoms with Crippen LogP contribution in [0, 0.1) is 0 Å². The molecule has 0 aliphatic carbocycles. The van der Waals surface area contributed by atoms with Crippen molar-refractivity contribution in [3.63, 3.8) is 0 Å². The molecule has 2 unspecified atom stereocenters. The fourth-order valence-electron chi connectivity index (χ4n) is 1.71. The molecule has 1 aliphatic heterocycles. The third-order valence-corrected chi connectivity index (χ3v) is 2.45. The highest BCUT2D eigenvalue weighted by Crippen LogP contribution is 2.16. The molecule has 1 N–H and O–H groups in total. The second-order valence-corrected chi connectivity index (χ2v) is 3.89. The van der Waals surface area contributed by atoms with Crippen molar-refractivity contribution in [2.45, 2.75) is 25.9 Å². The number of hydrogen-bond acceptors (Lipinski definition) is 5. The summed E-state index contributed by atoms with van der Waals surface area (Å²) in [6.45, 7) is 6.02. The predicted octanol–water partition coefficient (Wildman–Crippen LogP) is 0.925. The zero-order valence-corrected chi connectivity index (χ0v) is 9.64. The van der Waals surface area contributed by atoms with Gasteiger partial charge in [-0.05, 0) is 19.9 Å². The largest absolute Gasteiger partial charge is 0.477 e. The SMILES string of the molecule is CCOc1ccc(C2COCC(C)N2)nn1. The molecule has 88 valence electrons. The molecular formula is C11H17N3O2. The Morgan fingerprint density at radius 1 is 1.44 bits per heavy atom. The lowest BCUT2D eigenvalue weighted by atomic mass is 10.1. The third kappa shape index (κ3) is 2.68. The van der Waals surface area contributed by atoms with Gasteiger partial charge in [-0.25, -0.2) is 0 Å². The summed E-state index contributed by atoms with van der Waals surface area (Å²) in [5.74, 6) is 0.566. The maximum atomic E-state index is 5.46. The van der Waals surface area contributed by atoms with Gasteiger partial charge in [0.25, 0.3) is 0 Å². The lowest BCUT2D eigenvalue weighted by molar-refractivity contribution is 0.0488. The molecule has 1 aliphatic rings. The van der Waals surface area contributed by atoms with Crippen molar-refractivity contribution in [1.29, 1.82) is 0 Å². The molecule has 1 saturated heterocycles. The Morgan fingerprint density at radius 3 is 2.94 bits per heavy atom. The minimum Gasteiger partial charge on any atom is -0.477 e. The summed E-state index contributed by atoms with van der Waals surface area (Å²) >= 11 is 0. The molecule has 1 aromatic heterocycles. The second-order valence-electron chi connectivity index (χ2n) is 3.89. The normalized spacial score (nSPS) is 25.4. The average molecular weight is 223 g/mol. The molecule has 0 saturated carbocycles. The zero-order chi connectivity index (χ0) is 11.4. The number of aromatic nitrogens is 2. The predicted molar refractivity (Wildman–Crippen MR) is 59.4 cm³/mol. The number of morpholine rings is 1. The molecule has 5 heteroatoms. The lowest BCUT2D eigenvalue weighted by Gasteiger charge is -2.28. The van der Waals surface area contributed by atoms with E-state index in [4.69, 9.17) is 9.47 Å². The molecule has 0 bridgehead atoms. The fraction of sp³-hybridized carbons (Fsp3) is 0.636. The third-order valence-electron chi connectivity index (χ3n) is 2.45. The van der Waals surface area contributed by atoms with Gasteiger partial charge in [-0.15, -0.1) is 5.10 Å². The van der Waals surface area contributed by atoms with Crippen LogP contribution in [0.4, 0.5) is 0 Å². The standard InChI is InChI=1S/C11H17N3O2/c1-3-16-11-5-4-9(13-14-11)10-7-15-6-8(2)12-10/h4-5,8,10,12H,3,6-7H2,1-2H3. The Labute approximate surface area is 95.2 Å². The molecule has 16 heavy (non-hydrogen) atoms. The van der Waals surface area contributed by atoms with Crippen LogP contribution in [0.25, 0.3) is 0 Å². The molecular weight excluding hydrogens is 206 g/mol. The van der Waals surface area contributed by atoms with Gasteiger partial charge in [0.2, 0.25) is 5.88 Å². The van der Waals surface area contributed by atoms with Gasteiger partial charge in [-0.1, -0.05) is 0 Å². The Morgan fingerprint density at radius 2 is 2.31 bits per heavy atom. The lowest BCUT2D eigenvalue weighted by Crippen LogP contribution is -2.42. The van der Waals surface area contributed by atoms with Crippen LogP contribution in [0.3, 0.4) is 0 Å². The summed E-state index contributed by atoms with van der Waals surface area (Å²) in [4.78, 5) is 0. The van der Waals surface area contributed by atoms with Crippen LogP contribution < -0.4 is 10.1 Å². The van der Waals surface area contributed by atoms with Crippen LogP contribution >= 0.6 is 0 Å². The van der Waals surface area contributed by atoms with Crippen molar-refractivity contribution >= 4 is 0 Å². The molecule has 1 aromatic rings. The van der Waals surface area contributed by atoms with Crippen LogP contribution in [-0.4, -0.2) is 36.1 Å². The number of hydrogen-bond donors (Lipinski definition) is 1. The smallest absolute Gasteiger partial charge is 0.233 e. The highest BCUT2D eigenvalue weighted by Gasteiger charge is 2.21. The quantitative estimate of drug-likeness (QED) is 0.826. The molecule has 0 aromatic carbocycles. The maximum absolute atomic E-state index is 5.46.